The number of esters is 1. The van der Waals surface area contributed by atoms with Crippen molar-refractivity contribution in [2.45, 2.75) is 19.4 Å². The van der Waals surface area contributed by atoms with E-state index in [4.69, 9.17) is 16.3 Å². The molecule has 122 valence electrons. The number of carbonyl (C=O) groups excluding carboxylic acids is 2. The number of carbonyl (C=O) groups is 2. The van der Waals surface area contributed by atoms with Gasteiger partial charge in [-0.2, -0.15) is 5.10 Å². The van der Waals surface area contributed by atoms with Crippen molar-refractivity contribution in [1.29, 1.82) is 0 Å². The molecular formula is C16H18ClN3O3. The van der Waals surface area contributed by atoms with Gasteiger partial charge in [-0.1, -0.05) is 23.7 Å². The lowest BCUT2D eigenvalue weighted by Crippen LogP contribution is -2.35. The Kier molecular flexibility index (Phi) is 5.76. The normalized spacial score (nSPS) is 11.8. The van der Waals surface area contributed by atoms with E-state index in [2.05, 4.69) is 10.4 Å². The largest absolute Gasteiger partial charge is 0.464 e. The van der Waals surface area contributed by atoms with Crippen molar-refractivity contribution in [2.24, 2.45) is 7.05 Å². The second-order valence-corrected chi connectivity index (χ2v) is 5.44. The van der Waals surface area contributed by atoms with Gasteiger partial charge < -0.3 is 10.1 Å². The van der Waals surface area contributed by atoms with E-state index in [1.165, 1.54) is 0 Å². The van der Waals surface area contributed by atoms with E-state index in [0.717, 1.165) is 5.56 Å². The van der Waals surface area contributed by atoms with Crippen LogP contribution in [0.25, 0.3) is 0 Å². The molecule has 7 heteroatoms. The second-order valence-electron chi connectivity index (χ2n) is 5.00. The summed E-state index contributed by atoms with van der Waals surface area (Å²) in [6.45, 7) is 1.95. The number of halogens is 1. The van der Waals surface area contributed by atoms with E-state index in [1.54, 1.807) is 55.3 Å². The zero-order chi connectivity index (χ0) is 16.8. The molecule has 0 aliphatic heterocycles. The Morgan fingerprint density at radius 3 is 2.61 bits per heavy atom. The maximum absolute atomic E-state index is 12.2. The summed E-state index contributed by atoms with van der Waals surface area (Å²) in [5, 5.41) is 7.27. The van der Waals surface area contributed by atoms with Crippen LogP contribution in [0.2, 0.25) is 5.02 Å². The zero-order valence-electron chi connectivity index (χ0n) is 13.0. The Hall–Kier alpha value is -2.34. The number of benzene rings is 1. The molecule has 1 aromatic heterocycles. The van der Waals surface area contributed by atoms with Gasteiger partial charge in [0.05, 0.1) is 19.2 Å². The third-order valence-electron chi connectivity index (χ3n) is 3.15. The minimum atomic E-state index is -0.864. The number of aromatic nitrogens is 2. The fraction of sp³-hybridized carbons (Fsp3) is 0.312. The Labute approximate surface area is 139 Å². The molecule has 0 aliphatic carbocycles. The maximum atomic E-state index is 12.2. The van der Waals surface area contributed by atoms with Gasteiger partial charge in [0, 0.05) is 18.3 Å². The summed E-state index contributed by atoms with van der Waals surface area (Å²) < 4.78 is 6.66. The number of nitrogens with zero attached hydrogens (tertiary/aromatic N) is 2. The number of ether oxygens (including phenoxy) is 1. The molecule has 0 saturated carbocycles. The van der Waals surface area contributed by atoms with Crippen LogP contribution >= 0.6 is 11.6 Å². The average molecular weight is 336 g/mol. The molecule has 0 fully saturated rings. The molecule has 1 aromatic carbocycles. The van der Waals surface area contributed by atoms with Crippen LogP contribution in [-0.2, 0) is 27.8 Å². The maximum Gasteiger partial charge on any atom is 0.333 e. The molecule has 0 bridgehead atoms. The SMILES string of the molecule is CCOC(=O)C(NC(=O)Cc1cnn(C)c1)c1ccc(Cl)cc1. The van der Waals surface area contributed by atoms with Crippen LogP contribution in [0.3, 0.4) is 0 Å². The lowest BCUT2D eigenvalue weighted by Gasteiger charge is -2.17. The van der Waals surface area contributed by atoms with Crippen molar-refractivity contribution < 1.29 is 14.3 Å². The topological polar surface area (TPSA) is 73.2 Å². The molecule has 1 unspecified atom stereocenters. The number of rotatable bonds is 6. The zero-order valence-corrected chi connectivity index (χ0v) is 13.7. The van der Waals surface area contributed by atoms with Gasteiger partial charge in [0.25, 0.3) is 0 Å². The Balaban J connectivity index is 2.12. The average Bonchev–Trinajstić information content (AvgIpc) is 2.91. The van der Waals surface area contributed by atoms with Crippen LogP contribution in [0.15, 0.2) is 36.7 Å². The van der Waals surface area contributed by atoms with Crippen molar-refractivity contribution in [3.8, 4) is 0 Å². The summed E-state index contributed by atoms with van der Waals surface area (Å²) in [5.41, 5.74) is 1.39. The van der Waals surface area contributed by atoms with E-state index in [9.17, 15) is 9.59 Å². The molecular weight excluding hydrogens is 318 g/mol. The minimum absolute atomic E-state index is 0.136. The summed E-state index contributed by atoms with van der Waals surface area (Å²) >= 11 is 5.86. The van der Waals surface area contributed by atoms with Crippen LogP contribution in [-0.4, -0.2) is 28.3 Å². The predicted octanol–water partition coefficient (Wildman–Crippen LogP) is 2.04. The van der Waals surface area contributed by atoms with Gasteiger partial charge in [-0.05, 0) is 30.2 Å². The number of amides is 1. The molecule has 23 heavy (non-hydrogen) atoms. The molecule has 0 spiro atoms. The van der Waals surface area contributed by atoms with Crippen LogP contribution in [0.1, 0.15) is 24.1 Å². The number of nitrogens with one attached hydrogen (secondary N) is 1. The van der Waals surface area contributed by atoms with Crippen LogP contribution in [0, 0.1) is 0 Å². The lowest BCUT2D eigenvalue weighted by atomic mass is 10.1. The number of aryl methyl sites for hydroxylation is 1. The van der Waals surface area contributed by atoms with Gasteiger partial charge in [0.2, 0.25) is 5.91 Å². The minimum Gasteiger partial charge on any atom is -0.464 e. The van der Waals surface area contributed by atoms with Crippen molar-refractivity contribution in [3.05, 3.63) is 52.8 Å². The highest BCUT2D eigenvalue weighted by atomic mass is 35.5. The van der Waals surface area contributed by atoms with E-state index < -0.39 is 12.0 Å². The summed E-state index contributed by atoms with van der Waals surface area (Å²) in [5.74, 6) is -0.791. The second kappa shape index (κ2) is 7.78. The van der Waals surface area contributed by atoms with Crippen LogP contribution in [0.4, 0.5) is 0 Å². The smallest absolute Gasteiger partial charge is 0.333 e. The van der Waals surface area contributed by atoms with Gasteiger partial charge >= 0.3 is 5.97 Å². The Morgan fingerprint density at radius 1 is 1.35 bits per heavy atom. The van der Waals surface area contributed by atoms with Crippen molar-refractivity contribution in [2.75, 3.05) is 6.61 Å². The summed E-state index contributed by atoms with van der Waals surface area (Å²) in [7, 11) is 1.77. The van der Waals surface area contributed by atoms with E-state index in [1.807, 2.05) is 0 Å². The molecule has 1 N–H and O–H groups in total. The number of hydrogen-bond acceptors (Lipinski definition) is 4. The monoisotopic (exact) mass is 335 g/mol. The van der Waals surface area contributed by atoms with Gasteiger partial charge in [0.15, 0.2) is 6.04 Å². The fourth-order valence-electron chi connectivity index (χ4n) is 2.12. The highest BCUT2D eigenvalue weighted by molar-refractivity contribution is 6.30. The van der Waals surface area contributed by atoms with Crippen LogP contribution in [0.5, 0.6) is 0 Å². The summed E-state index contributed by atoms with van der Waals surface area (Å²) in [6, 6.07) is 5.84. The first-order valence-electron chi connectivity index (χ1n) is 7.18. The molecule has 6 nitrogen and oxygen atoms in total. The lowest BCUT2D eigenvalue weighted by molar-refractivity contribution is -0.147. The molecule has 0 aliphatic rings. The molecule has 2 aromatic rings. The first kappa shape index (κ1) is 17.0. The Morgan fingerprint density at radius 2 is 2.04 bits per heavy atom. The molecule has 0 radical (unpaired) electrons. The molecule has 1 amide bonds. The van der Waals surface area contributed by atoms with E-state index in [0.29, 0.717) is 10.6 Å². The first-order valence-corrected chi connectivity index (χ1v) is 7.56. The summed E-state index contributed by atoms with van der Waals surface area (Å²) in [6.07, 6.45) is 3.50. The standard InChI is InChI=1S/C16H18ClN3O3/c1-3-23-16(22)15(12-4-6-13(17)7-5-12)19-14(21)8-11-9-18-20(2)10-11/h4-7,9-10,15H,3,8H2,1-2H3,(H,19,21). The van der Waals surface area contributed by atoms with Gasteiger partial charge in [-0.25, -0.2) is 4.79 Å². The molecule has 1 heterocycles. The molecule has 2 rings (SSSR count). The fourth-order valence-corrected chi connectivity index (χ4v) is 2.25. The van der Waals surface area contributed by atoms with Gasteiger partial charge in [0.1, 0.15) is 0 Å². The van der Waals surface area contributed by atoms with Crippen molar-refractivity contribution in [3.63, 3.8) is 0 Å². The van der Waals surface area contributed by atoms with Crippen molar-refractivity contribution in [1.82, 2.24) is 15.1 Å². The van der Waals surface area contributed by atoms with Crippen LogP contribution < -0.4 is 5.32 Å². The van der Waals surface area contributed by atoms with E-state index in [-0.39, 0.29) is 18.9 Å². The van der Waals surface area contributed by atoms with Gasteiger partial charge in [-0.3, -0.25) is 9.48 Å². The van der Waals surface area contributed by atoms with E-state index >= 15 is 0 Å². The molecule has 0 saturated heterocycles. The third kappa shape index (κ3) is 4.82. The third-order valence-corrected chi connectivity index (χ3v) is 3.41. The first-order chi connectivity index (χ1) is 11.0. The predicted molar refractivity (Wildman–Crippen MR) is 85.9 cm³/mol. The summed E-state index contributed by atoms with van der Waals surface area (Å²) in [4.78, 5) is 24.3. The quantitative estimate of drug-likeness (QED) is 0.820. The highest BCUT2D eigenvalue weighted by Gasteiger charge is 2.24. The molecule has 1 atom stereocenters. The number of hydrogen-bond donors (Lipinski definition) is 1. The van der Waals surface area contributed by atoms with Gasteiger partial charge in [-0.15, -0.1) is 0 Å². The Bertz CT molecular complexity index is 682. The van der Waals surface area contributed by atoms with Crippen molar-refractivity contribution >= 4 is 23.5 Å². The highest BCUT2D eigenvalue weighted by Crippen LogP contribution is 2.18.